The lowest BCUT2D eigenvalue weighted by Crippen LogP contribution is -2.33. The Bertz CT molecular complexity index is 973. The number of aromatic nitrogens is 4. The molecule has 0 saturated carbocycles. The summed E-state index contributed by atoms with van der Waals surface area (Å²) in [6, 6.07) is 0. The minimum atomic E-state index is -1.26. The number of hydrogen-bond acceptors (Lipinski definition) is 7. The van der Waals surface area contributed by atoms with Crippen LogP contribution < -0.4 is 5.56 Å². The minimum absolute atomic E-state index is 0.154. The van der Waals surface area contributed by atoms with Crippen LogP contribution in [0.3, 0.4) is 0 Å². The first kappa shape index (κ1) is 21.4. The van der Waals surface area contributed by atoms with E-state index in [4.69, 9.17) is 4.74 Å². The van der Waals surface area contributed by atoms with Crippen molar-refractivity contribution in [2.75, 3.05) is 6.61 Å². The van der Waals surface area contributed by atoms with Gasteiger partial charge < -0.3 is 20.1 Å². The number of allylic oxidation sites excluding steroid dienone is 4. The summed E-state index contributed by atoms with van der Waals surface area (Å²) in [4.78, 5) is 21.2. The molecule has 4 unspecified atom stereocenters. The molecule has 1 fully saturated rings. The second kappa shape index (κ2) is 9.00. The van der Waals surface area contributed by atoms with Gasteiger partial charge in [-0.2, -0.15) is 0 Å². The Balaban J connectivity index is 1.80. The van der Waals surface area contributed by atoms with Crippen LogP contribution in [0.1, 0.15) is 39.8 Å². The normalized spacial score (nSPS) is 25.0. The van der Waals surface area contributed by atoms with Gasteiger partial charge in [-0.3, -0.25) is 13.9 Å². The molecule has 0 spiro atoms. The maximum atomic E-state index is 12.8. The van der Waals surface area contributed by atoms with E-state index in [1.165, 1.54) is 32.9 Å². The van der Waals surface area contributed by atoms with Gasteiger partial charge in [0.1, 0.15) is 24.6 Å². The molecule has 2 aromatic heterocycles. The van der Waals surface area contributed by atoms with E-state index in [1.807, 2.05) is 13.0 Å². The van der Waals surface area contributed by atoms with E-state index in [0.29, 0.717) is 6.54 Å². The van der Waals surface area contributed by atoms with Crippen LogP contribution in [-0.4, -0.2) is 59.3 Å². The van der Waals surface area contributed by atoms with Crippen molar-refractivity contribution < 1.29 is 20.1 Å². The zero-order valence-corrected chi connectivity index (χ0v) is 16.9. The van der Waals surface area contributed by atoms with Crippen LogP contribution in [0.15, 0.2) is 40.7 Å². The number of ether oxygens (including phenoxy) is 1. The molecule has 0 aliphatic carbocycles. The lowest BCUT2D eigenvalue weighted by Gasteiger charge is -2.16. The number of rotatable bonds is 7. The van der Waals surface area contributed by atoms with Gasteiger partial charge in [-0.1, -0.05) is 23.3 Å². The van der Waals surface area contributed by atoms with Crippen LogP contribution in [0, 0.1) is 0 Å². The molecule has 4 atom stereocenters. The van der Waals surface area contributed by atoms with Crippen molar-refractivity contribution in [1.29, 1.82) is 0 Å². The van der Waals surface area contributed by atoms with Crippen LogP contribution in [0.5, 0.6) is 0 Å². The summed E-state index contributed by atoms with van der Waals surface area (Å²) >= 11 is 0. The van der Waals surface area contributed by atoms with Crippen molar-refractivity contribution in [2.24, 2.45) is 0 Å². The fourth-order valence-electron chi connectivity index (χ4n) is 3.32. The average molecular weight is 404 g/mol. The standard InChI is InChI=1S/C20H28N4O5/c1-12(2)5-4-6-13(3)7-8-23-10-22-18-15(19(23)28)21-11-24(18)20-17(27)16(26)14(9-25)29-20/h5,7,10-11,14,16-17,20,25-27H,4,6,8-9H2,1-3H3. The smallest absolute Gasteiger partial charge is 0.281 e. The van der Waals surface area contributed by atoms with Gasteiger partial charge in [0.25, 0.3) is 5.56 Å². The van der Waals surface area contributed by atoms with Crippen LogP contribution in [0.2, 0.25) is 0 Å². The minimum Gasteiger partial charge on any atom is -0.394 e. The molecule has 0 bridgehead atoms. The second-order valence-corrected chi connectivity index (χ2v) is 7.63. The summed E-state index contributed by atoms with van der Waals surface area (Å²) < 4.78 is 8.38. The highest BCUT2D eigenvalue weighted by Crippen LogP contribution is 2.30. The van der Waals surface area contributed by atoms with Crippen molar-refractivity contribution in [3.05, 3.63) is 46.3 Å². The molecule has 1 aliphatic rings. The highest BCUT2D eigenvalue weighted by molar-refractivity contribution is 5.69. The maximum absolute atomic E-state index is 12.8. The molecular formula is C20H28N4O5. The Labute approximate surface area is 168 Å². The summed E-state index contributed by atoms with van der Waals surface area (Å²) in [5.74, 6) is 0. The van der Waals surface area contributed by atoms with Crippen LogP contribution >= 0.6 is 0 Å². The largest absolute Gasteiger partial charge is 0.394 e. The van der Waals surface area contributed by atoms with Gasteiger partial charge in [0.2, 0.25) is 0 Å². The summed E-state index contributed by atoms with van der Waals surface area (Å²) in [6.45, 7) is 6.13. The molecule has 29 heavy (non-hydrogen) atoms. The van der Waals surface area contributed by atoms with Crippen molar-refractivity contribution in [1.82, 2.24) is 19.1 Å². The van der Waals surface area contributed by atoms with Crippen LogP contribution in [0.4, 0.5) is 0 Å². The van der Waals surface area contributed by atoms with Crippen LogP contribution in [-0.2, 0) is 11.3 Å². The highest BCUT2D eigenvalue weighted by atomic mass is 16.6. The van der Waals surface area contributed by atoms with Gasteiger partial charge in [0.15, 0.2) is 17.4 Å². The topological polar surface area (TPSA) is 123 Å². The van der Waals surface area contributed by atoms with Crippen molar-refractivity contribution in [3.63, 3.8) is 0 Å². The van der Waals surface area contributed by atoms with E-state index in [-0.39, 0.29) is 16.7 Å². The molecule has 2 aromatic rings. The molecule has 1 aliphatic heterocycles. The Hall–Kier alpha value is -2.33. The number of hydrogen-bond donors (Lipinski definition) is 3. The molecule has 9 nitrogen and oxygen atoms in total. The Kier molecular flexibility index (Phi) is 6.63. The van der Waals surface area contributed by atoms with Gasteiger partial charge in [0.05, 0.1) is 12.9 Å². The van der Waals surface area contributed by atoms with Gasteiger partial charge in [-0.15, -0.1) is 0 Å². The predicted molar refractivity (Wildman–Crippen MR) is 107 cm³/mol. The zero-order valence-electron chi connectivity index (χ0n) is 16.9. The third-order valence-electron chi connectivity index (χ3n) is 5.07. The number of nitrogens with zero attached hydrogens (tertiary/aromatic N) is 4. The van der Waals surface area contributed by atoms with E-state index >= 15 is 0 Å². The van der Waals surface area contributed by atoms with E-state index < -0.39 is 31.1 Å². The average Bonchev–Trinajstić information content (AvgIpc) is 3.23. The SMILES string of the molecule is CC(C)=CCCC(C)=CCn1cnc2c(ncn2C2OC(CO)C(O)C2O)c1=O. The van der Waals surface area contributed by atoms with Gasteiger partial charge in [-0.25, -0.2) is 9.97 Å². The van der Waals surface area contributed by atoms with E-state index in [0.717, 1.165) is 12.8 Å². The first-order chi connectivity index (χ1) is 13.8. The molecule has 0 aromatic carbocycles. The summed E-state index contributed by atoms with van der Waals surface area (Å²) in [6.07, 6.45) is 4.47. The number of aliphatic hydroxyl groups is 3. The quantitative estimate of drug-likeness (QED) is 0.586. The number of aliphatic hydroxyl groups excluding tert-OH is 3. The summed E-state index contributed by atoms with van der Waals surface area (Å²) in [5.41, 5.74) is 2.58. The molecule has 3 heterocycles. The molecule has 3 N–H and O–H groups in total. The lowest BCUT2D eigenvalue weighted by molar-refractivity contribution is -0.0511. The molecule has 1 saturated heterocycles. The Morgan fingerprint density at radius 3 is 2.59 bits per heavy atom. The maximum Gasteiger partial charge on any atom is 0.281 e. The highest BCUT2D eigenvalue weighted by Gasteiger charge is 2.44. The molecule has 3 rings (SSSR count). The third-order valence-corrected chi connectivity index (χ3v) is 5.07. The number of fused-ring (bicyclic) bond motifs is 1. The zero-order chi connectivity index (χ0) is 21.1. The van der Waals surface area contributed by atoms with E-state index in [9.17, 15) is 20.1 Å². The van der Waals surface area contributed by atoms with Gasteiger partial charge in [-0.05, 0) is 33.6 Å². The fourth-order valence-corrected chi connectivity index (χ4v) is 3.32. The van der Waals surface area contributed by atoms with Crippen LogP contribution in [0.25, 0.3) is 11.2 Å². The van der Waals surface area contributed by atoms with Gasteiger partial charge >= 0.3 is 0 Å². The fraction of sp³-hybridized carbons (Fsp3) is 0.550. The predicted octanol–water partition coefficient (Wildman–Crippen LogP) is 0.897. The van der Waals surface area contributed by atoms with E-state index in [2.05, 4.69) is 29.9 Å². The first-order valence-corrected chi connectivity index (χ1v) is 9.67. The summed E-state index contributed by atoms with van der Waals surface area (Å²) in [7, 11) is 0. The van der Waals surface area contributed by atoms with Crippen molar-refractivity contribution >= 4 is 11.2 Å². The molecule has 158 valence electrons. The lowest BCUT2D eigenvalue weighted by atomic mass is 10.1. The van der Waals surface area contributed by atoms with Crippen molar-refractivity contribution in [3.8, 4) is 0 Å². The molecule has 0 radical (unpaired) electrons. The molecule has 0 amide bonds. The van der Waals surface area contributed by atoms with E-state index in [1.54, 1.807) is 0 Å². The Morgan fingerprint density at radius 2 is 1.93 bits per heavy atom. The monoisotopic (exact) mass is 404 g/mol. The summed E-state index contributed by atoms with van der Waals surface area (Å²) in [5, 5.41) is 29.4. The van der Waals surface area contributed by atoms with Gasteiger partial charge in [0, 0.05) is 6.54 Å². The second-order valence-electron chi connectivity index (χ2n) is 7.63. The molecule has 9 heteroatoms. The van der Waals surface area contributed by atoms with Crippen molar-refractivity contribution in [2.45, 2.75) is 64.7 Å². The number of imidazole rings is 1. The third kappa shape index (κ3) is 4.48. The Morgan fingerprint density at radius 1 is 1.17 bits per heavy atom. The first-order valence-electron chi connectivity index (χ1n) is 9.67. The molecular weight excluding hydrogens is 376 g/mol.